The van der Waals surface area contributed by atoms with E-state index in [9.17, 15) is 9.59 Å². The number of halogens is 1. The summed E-state index contributed by atoms with van der Waals surface area (Å²) in [5, 5.41) is 1.40. The van der Waals surface area contributed by atoms with Crippen LogP contribution in [0.4, 0.5) is 5.82 Å². The van der Waals surface area contributed by atoms with Crippen molar-refractivity contribution < 1.29 is 9.59 Å². The molecule has 4 rings (SSSR count). The van der Waals surface area contributed by atoms with Gasteiger partial charge in [-0.15, -0.1) is 0 Å². The van der Waals surface area contributed by atoms with Gasteiger partial charge in [-0.25, -0.2) is 9.97 Å². The lowest BCUT2D eigenvalue weighted by Gasteiger charge is -2.44. The molecule has 2 amide bonds. The topological polar surface area (TPSA) is 92.4 Å². The molecule has 0 saturated carbocycles. The maximum absolute atomic E-state index is 13.5. The van der Waals surface area contributed by atoms with E-state index in [-0.39, 0.29) is 17.9 Å². The summed E-state index contributed by atoms with van der Waals surface area (Å²) in [5.74, 6) is 0.227. The van der Waals surface area contributed by atoms with Crippen LogP contribution in [-0.4, -0.2) is 50.2 Å². The molecule has 2 unspecified atom stereocenters. The van der Waals surface area contributed by atoms with E-state index in [0.29, 0.717) is 30.4 Å². The van der Waals surface area contributed by atoms with E-state index in [1.54, 1.807) is 23.1 Å². The Morgan fingerprint density at radius 2 is 2.06 bits per heavy atom. The molecule has 3 aromatic rings. The third-order valence-electron chi connectivity index (χ3n) is 6.13. The fourth-order valence-electron chi connectivity index (χ4n) is 4.37. The number of nitrogens with two attached hydrogens (primary N) is 1. The number of hydrogen-bond acceptors (Lipinski definition) is 5. The fraction of sp³-hybridized carbons (Fsp3) is 0.308. The van der Waals surface area contributed by atoms with Crippen molar-refractivity contribution in [3.63, 3.8) is 0 Å². The van der Waals surface area contributed by atoms with Crippen LogP contribution in [0.1, 0.15) is 37.8 Å². The van der Waals surface area contributed by atoms with Crippen LogP contribution in [0.2, 0.25) is 5.02 Å². The molecule has 2 heterocycles. The fourth-order valence-corrected chi connectivity index (χ4v) is 4.57. The Bertz CT molecular complexity index is 1240. The minimum Gasteiger partial charge on any atom is -0.383 e. The number of aromatic nitrogens is 2. The Morgan fingerprint density at radius 3 is 2.82 bits per heavy atom. The molecule has 1 fully saturated rings. The lowest BCUT2D eigenvalue weighted by molar-refractivity contribution is -0.153. The van der Waals surface area contributed by atoms with Crippen LogP contribution < -0.4 is 5.73 Å². The molecule has 2 atom stereocenters. The van der Waals surface area contributed by atoms with Crippen LogP contribution in [0, 0.1) is 0 Å². The molecule has 0 bridgehead atoms. The Labute approximate surface area is 204 Å². The molecular formula is C26H28ClN5O2. The van der Waals surface area contributed by atoms with Crippen molar-refractivity contribution in [2.45, 2.75) is 45.3 Å². The zero-order valence-corrected chi connectivity index (χ0v) is 20.1. The minimum absolute atomic E-state index is 0.0348. The van der Waals surface area contributed by atoms with Crippen LogP contribution in [-0.2, 0) is 16.1 Å². The van der Waals surface area contributed by atoms with Crippen molar-refractivity contribution >= 4 is 46.2 Å². The zero-order chi connectivity index (χ0) is 24.2. The first-order valence-corrected chi connectivity index (χ1v) is 11.8. The van der Waals surface area contributed by atoms with E-state index >= 15 is 0 Å². The third-order valence-corrected chi connectivity index (χ3v) is 6.37. The van der Waals surface area contributed by atoms with Crippen molar-refractivity contribution in [1.82, 2.24) is 19.8 Å². The second-order valence-corrected chi connectivity index (χ2v) is 9.05. The highest BCUT2D eigenvalue weighted by Crippen LogP contribution is 2.25. The molecule has 2 N–H and O–H groups in total. The number of piperazine rings is 1. The molecule has 2 aromatic carbocycles. The molecule has 176 valence electrons. The number of rotatable bonds is 6. The van der Waals surface area contributed by atoms with Gasteiger partial charge in [0, 0.05) is 35.6 Å². The van der Waals surface area contributed by atoms with Crippen LogP contribution >= 0.6 is 11.6 Å². The summed E-state index contributed by atoms with van der Waals surface area (Å²) in [5.41, 5.74) is 8.48. The van der Waals surface area contributed by atoms with Gasteiger partial charge in [0.05, 0.1) is 5.52 Å². The highest BCUT2D eigenvalue weighted by Gasteiger charge is 2.39. The molecule has 8 heteroatoms. The number of nitrogens with zero attached hydrogens (tertiary/aromatic N) is 4. The van der Waals surface area contributed by atoms with Gasteiger partial charge in [-0.1, -0.05) is 43.1 Å². The Kier molecular flexibility index (Phi) is 7.12. The predicted octanol–water partition coefficient (Wildman–Crippen LogP) is 4.31. The van der Waals surface area contributed by atoms with Gasteiger partial charge in [0.15, 0.2) is 0 Å². The molecule has 7 nitrogen and oxygen atoms in total. The van der Waals surface area contributed by atoms with E-state index in [4.69, 9.17) is 17.3 Å². The minimum atomic E-state index is -0.490. The van der Waals surface area contributed by atoms with Crippen molar-refractivity contribution in [3.05, 3.63) is 71.0 Å². The first-order valence-electron chi connectivity index (χ1n) is 11.4. The highest BCUT2D eigenvalue weighted by atomic mass is 35.5. The van der Waals surface area contributed by atoms with Crippen molar-refractivity contribution in [3.8, 4) is 0 Å². The second kappa shape index (κ2) is 10.2. The Hall–Kier alpha value is -3.45. The summed E-state index contributed by atoms with van der Waals surface area (Å²) in [6.07, 6.45) is 6.11. The smallest absolute Gasteiger partial charge is 0.247 e. The lowest BCUT2D eigenvalue weighted by Crippen LogP contribution is -2.61. The largest absolute Gasteiger partial charge is 0.383 e. The van der Waals surface area contributed by atoms with Crippen molar-refractivity contribution in [2.75, 3.05) is 12.3 Å². The van der Waals surface area contributed by atoms with E-state index in [0.717, 1.165) is 28.5 Å². The molecule has 34 heavy (non-hydrogen) atoms. The molecule has 1 saturated heterocycles. The number of hydrogen-bond donors (Lipinski definition) is 1. The summed E-state index contributed by atoms with van der Waals surface area (Å²) in [6.45, 7) is 4.91. The van der Waals surface area contributed by atoms with Crippen LogP contribution in [0.15, 0.2) is 54.9 Å². The summed E-state index contributed by atoms with van der Waals surface area (Å²) in [7, 11) is 0. The van der Waals surface area contributed by atoms with Gasteiger partial charge in [0.1, 0.15) is 18.2 Å². The normalized spacial score (nSPS) is 18.7. The van der Waals surface area contributed by atoms with Crippen molar-refractivity contribution in [1.29, 1.82) is 0 Å². The van der Waals surface area contributed by atoms with Gasteiger partial charge in [-0.2, -0.15) is 0 Å². The highest BCUT2D eigenvalue weighted by molar-refractivity contribution is 6.30. The van der Waals surface area contributed by atoms with Crippen LogP contribution in [0.3, 0.4) is 0 Å². The van der Waals surface area contributed by atoms with Gasteiger partial charge < -0.3 is 15.5 Å². The second-order valence-electron chi connectivity index (χ2n) is 8.61. The van der Waals surface area contributed by atoms with Gasteiger partial charge in [-0.3, -0.25) is 9.59 Å². The van der Waals surface area contributed by atoms with Gasteiger partial charge in [0.25, 0.3) is 0 Å². The monoisotopic (exact) mass is 477 g/mol. The molecule has 0 spiro atoms. The maximum Gasteiger partial charge on any atom is 0.247 e. The summed E-state index contributed by atoms with van der Waals surface area (Å²) in [4.78, 5) is 38.5. The van der Waals surface area contributed by atoms with Gasteiger partial charge in [-0.05, 0) is 54.8 Å². The molecule has 1 aliphatic rings. The van der Waals surface area contributed by atoms with Gasteiger partial charge in [0.2, 0.25) is 11.8 Å². The van der Waals surface area contributed by atoms with Crippen molar-refractivity contribution in [2.24, 2.45) is 0 Å². The standard InChI is InChI=1S/C26H28ClN5O2/c1-3-5-23-26(34)31(15-19-8-10-21-22(13-19)29-16-30-25(21)28)17(2)14-32(23)24(33)11-9-18-6-4-7-20(27)12-18/h4,6-13,16-17,23H,3,5,14-15H2,1-2H3,(H2,28,29,30). The summed E-state index contributed by atoms with van der Waals surface area (Å²) >= 11 is 6.04. The number of anilines is 1. The molecule has 1 aliphatic heterocycles. The average molecular weight is 478 g/mol. The quantitative estimate of drug-likeness (QED) is 0.534. The molecule has 1 aromatic heterocycles. The van der Waals surface area contributed by atoms with E-state index in [1.165, 1.54) is 12.4 Å². The van der Waals surface area contributed by atoms with E-state index in [1.807, 2.05) is 49.1 Å². The first-order chi connectivity index (χ1) is 16.4. The number of nitrogen functional groups attached to an aromatic ring is 1. The number of carbonyl (C=O) groups excluding carboxylic acids is 2. The van der Waals surface area contributed by atoms with Crippen LogP contribution in [0.25, 0.3) is 17.0 Å². The third kappa shape index (κ3) is 5.04. The van der Waals surface area contributed by atoms with E-state index < -0.39 is 6.04 Å². The predicted molar refractivity (Wildman–Crippen MR) is 135 cm³/mol. The number of fused-ring (bicyclic) bond motifs is 1. The lowest BCUT2D eigenvalue weighted by atomic mass is 10.0. The summed E-state index contributed by atoms with van der Waals surface area (Å²) in [6, 6.07) is 12.5. The first kappa shape index (κ1) is 23.7. The zero-order valence-electron chi connectivity index (χ0n) is 19.3. The van der Waals surface area contributed by atoms with Gasteiger partial charge >= 0.3 is 0 Å². The van der Waals surface area contributed by atoms with E-state index in [2.05, 4.69) is 9.97 Å². The van der Waals surface area contributed by atoms with Crippen LogP contribution in [0.5, 0.6) is 0 Å². The SMILES string of the molecule is CCCC1C(=O)N(Cc2ccc3c(N)ncnc3c2)C(C)CN1C(=O)C=Cc1cccc(Cl)c1. The number of carbonyl (C=O) groups is 2. The molecule has 0 aliphatic carbocycles. The molecular weight excluding hydrogens is 450 g/mol. The number of amides is 2. The average Bonchev–Trinajstić information content (AvgIpc) is 2.82. The molecule has 0 radical (unpaired) electrons. The summed E-state index contributed by atoms with van der Waals surface area (Å²) < 4.78 is 0. The maximum atomic E-state index is 13.5. The Balaban J connectivity index is 1.53. The number of benzene rings is 2. The Morgan fingerprint density at radius 1 is 1.24 bits per heavy atom.